The summed E-state index contributed by atoms with van der Waals surface area (Å²) in [5.74, 6) is 1.26. The van der Waals surface area contributed by atoms with Crippen LogP contribution in [-0.2, 0) is 6.54 Å². The van der Waals surface area contributed by atoms with Gasteiger partial charge >= 0.3 is 0 Å². The summed E-state index contributed by atoms with van der Waals surface area (Å²) in [6.45, 7) is 8.19. The lowest BCUT2D eigenvalue weighted by molar-refractivity contribution is 0.550. The first kappa shape index (κ1) is 12.7. The van der Waals surface area contributed by atoms with E-state index in [0.29, 0.717) is 11.9 Å². The van der Waals surface area contributed by atoms with Crippen LogP contribution in [-0.4, -0.2) is 26.3 Å². The average molecular weight is 245 g/mol. The third kappa shape index (κ3) is 3.13. The van der Waals surface area contributed by atoms with Gasteiger partial charge in [0.15, 0.2) is 0 Å². The first-order valence-electron chi connectivity index (χ1n) is 6.20. The molecule has 2 rings (SSSR count). The van der Waals surface area contributed by atoms with Crippen molar-refractivity contribution in [2.45, 2.75) is 27.3 Å². The molecule has 5 nitrogen and oxygen atoms in total. The molecule has 0 aliphatic heterocycles. The molecule has 0 spiro atoms. The summed E-state index contributed by atoms with van der Waals surface area (Å²) in [7, 11) is 0. The average Bonchev–Trinajstić information content (AvgIpc) is 2.84. The number of hydrogen-bond acceptors (Lipinski definition) is 4. The van der Waals surface area contributed by atoms with Gasteiger partial charge in [-0.05, 0) is 25.5 Å². The lowest BCUT2D eigenvalue weighted by Crippen LogP contribution is -2.20. The van der Waals surface area contributed by atoms with Crippen molar-refractivity contribution in [2.24, 2.45) is 5.92 Å². The summed E-state index contributed by atoms with van der Waals surface area (Å²) >= 11 is 0. The van der Waals surface area contributed by atoms with Crippen molar-refractivity contribution in [2.75, 3.05) is 6.54 Å². The molecule has 0 bridgehead atoms. The number of rotatable bonds is 5. The topological polar surface area (TPSA) is 55.6 Å². The highest BCUT2D eigenvalue weighted by Gasteiger charge is 2.05. The minimum atomic E-state index is 0.616. The molecule has 0 radical (unpaired) electrons. The fourth-order valence-electron chi connectivity index (χ4n) is 1.65. The van der Waals surface area contributed by atoms with Crippen molar-refractivity contribution in [1.29, 1.82) is 0 Å². The van der Waals surface area contributed by atoms with Crippen LogP contribution in [0.15, 0.2) is 24.7 Å². The second-order valence-electron chi connectivity index (χ2n) is 4.76. The van der Waals surface area contributed by atoms with Crippen LogP contribution in [0.4, 0.5) is 0 Å². The van der Waals surface area contributed by atoms with Crippen molar-refractivity contribution in [3.8, 4) is 5.95 Å². The summed E-state index contributed by atoms with van der Waals surface area (Å²) < 4.78 is 1.67. The molecule has 0 aliphatic carbocycles. The zero-order chi connectivity index (χ0) is 13.0. The van der Waals surface area contributed by atoms with E-state index in [9.17, 15) is 0 Å². The fourth-order valence-corrected chi connectivity index (χ4v) is 1.65. The Hall–Kier alpha value is -1.75. The molecule has 0 amide bonds. The van der Waals surface area contributed by atoms with E-state index in [1.807, 2.05) is 25.4 Å². The maximum atomic E-state index is 4.46. The molecule has 2 aromatic rings. The SMILES string of the molecule is Cc1nc(-n2cccn2)ncc1CNCC(C)C. The second-order valence-corrected chi connectivity index (χ2v) is 4.76. The zero-order valence-corrected chi connectivity index (χ0v) is 11.1. The number of hydrogen-bond donors (Lipinski definition) is 1. The van der Waals surface area contributed by atoms with Gasteiger partial charge in [0.25, 0.3) is 5.95 Å². The standard InChI is InChI=1S/C13H19N5/c1-10(2)7-14-8-12-9-15-13(17-11(12)3)18-6-4-5-16-18/h4-6,9-10,14H,7-8H2,1-3H3. The predicted molar refractivity (Wildman–Crippen MR) is 70.4 cm³/mol. The molecular formula is C13H19N5. The molecule has 2 heterocycles. The van der Waals surface area contributed by atoms with Gasteiger partial charge in [0, 0.05) is 36.4 Å². The van der Waals surface area contributed by atoms with Gasteiger partial charge in [-0.1, -0.05) is 13.8 Å². The Bertz CT molecular complexity index is 490. The summed E-state index contributed by atoms with van der Waals surface area (Å²) in [6.07, 6.45) is 5.43. The summed E-state index contributed by atoms with van der Waals surface area (Å²) in [4.78, 5) is 8.79. The zero-order valence-electron chi connectivity index (χ0n) is 11.1. The number of nitrogens with zero attached hydrogens (tertiary/aromatic N) is 4. The van der Waals surface area contributed by atoms with Crippen LogP contribution in [0.5, 0.6) is 0 Å². The van der Waals surface area contributed by atoms with Crippen LogP contribution in [0.1, 0.15) is 25.1 Å². The van der Waals surface area contributed by atoms with E-state index in [2.05, 4.69) is 34.2 Å². The number of aryl methyl sites for hydroxylation is 1. The molecule has 2 aromatic heterocycles. The van der Waals surface area contributed by atoms with Crippen LogP contribution in [0.25, 0.3) is 5.95 Å². The number of nitrogens with one attached hydrogen (secondary N) is 1. The first-order valence-corrected chi connectivity index (χ1v) is 6.20. The predicted octanol–water partition coefficient (Wildman–Crippen LogP) is 1.72. The molecule has 0 fully saturated rings. The molecule has 0 saturated heterocycles. The quantitative estimate of drug-likeness (QED) is 0.871. The molecule has 0 aliphatic rings. The van der Waals surface area contributed by atoms with E-state index in [1.54, 1.807) is 10.9 Å². The van der Waals surface area contributed by atoms with Crippen LogP contribution in [0, 0.1) is 12.8 Å². The largest absolute Gasteiger partial charge is 0.312 e. The maximum absolute atomic E-state index is 4.46. The lowest BCUT2D eigenvalue weighted by Gasteiger charge is -2.09. The van der Waals surface area contributed by atoms with Crippen LogP contribution >= 0.6 is 0 Å². The Balaban J connectivity index is 2.06. The molecular weight excluding hydrogens is 226 g/mol. The monoisotopic (exact) mass is 245 g/mol. The first-order chi connectivity index (χ1) is 8.66. The van der Waals surface area contributed by atoms with Crippen molar-refractivity contribution >= 4 is 0 Å². The highest BCUT2D eigenvalue weighted by Crippen LogP contribution is 2.06. The minimum Gasteiger partial charge on any atom is -0.312 e. The highest BCUT2D eigenvalue weighted by atomic mass is 15.3. The lowest BCUT2D eigenvalue weighted by atomic mass is 10.2. The molecule has 18 heavy (non-hydrogen) atoms. The third-order valence-corrected chi connectivity index (χ3v) is 2.65. The van der Waals surface area contributed by atoms with E-state index >= 15 is 0 Å². The van der Waals surface area contributed by atoms with Gasteiger partial charge in [-0.25, -0.2) is 14.6 Å². The van der Waals surface area contributed by atoms with E-state index in [-0.39, 0.29) is 0 Å². The fraction of sp³-hybridized carbons (Fsp3) is 0.462. The van der Waals surface area contributed by atoms with Crippen LogP contribution < -0.4 is 5.32 Å². The highest BCUT2D eigenvalue weighted by molar-refractivity contribution is 5.21. The van der Waals surface area contributed by atoms with Gasteiger partial charge in [-0.2, -0.15) is 5.10 Å². The molecule has 5 heteroatoms. The molecule has 1 N–H and O–H groups in total. The normalized spacial score (nSPS) is 11.1. The van der Waals surface area contributed by atoms with Gasteiger partial charge in [0.2, 0.25) is 0 Å². The Morgan fingerprint density at radius 2 is 2.22 bits per heavy atom. The van der Waals surface area contributed by atoms with Gasteiger partial charge in [-0.15, -0.1) is 0 Å². The molecule has 96 valence electrons. The van der Waals surface area contributed by atoms with Gasteiger partial charge < -0.3 is 5.32 Å². The second kappa shape index (κ2) is 5.73. The molecule has 0 aromatic carbocycles. The van der Waals surface area contributed by atoms with E-state index in [4.69, 9.17) is 0 Å². The summed E-state index contributed by atoms with van der Waals surface area (Å²) in [6, 6.07) is 1.86. The maximum Gasteiger partial charge on any atom is 0.250 e. The van der Waals surface area contributed by atoms with E-state index in [0.717, 1.165) is 24.3 Å². The van der Waals surface area contributed by atoms with E-state index in [1.165, 1.54) is 0 Å². The summed E-state index contributed by atoms with van der Waals surface area (Å²) in [5.41, 5.74) is 2.12. The van der Waals surface area contributed by atoms with Crippen molar-refractivity contribution in [1.82, 2.24) is 25.1 Å². The molecule has 0 atom stereocenters. The summed E-state index contributed by atoms with van der Waals surface area (Å²) in [5, 5.41) is 7.51. The van der Waals surface area contributed by atoms with Crippen LogP contribution in [0.2, 0.25) is 0 Å². The van der Waals surface area contributed by atoms with Crippen LogP contribution in [0.3, 0.4) is 0 Å². The van der Waals surface area contributed by atoms with Gasteiger partial charge in [0.05, 0.1) is 0 Å². The van der Waals surface area contributed by atoms with Crippen molar-refractivity contribution < 1.29 is 0 Å². The smallest absolute Gasteiger partial charge is 0.250 e. The van der Waals surface area contributed by atoms with Gasteiger partial charge in [0.1, 0.15) is 0 Å². The Kier molecular flexibility index (Phi) is 4.04. The van der Waals surface area contributed by atoms with Gasteiger partial charge in [-0.3, -0.25) is 0 Å². The third-order valence-electron chi connectivity index (χ3n) is 2.65. The van der Waals surface area contributed by atoms with E-state index < -0.39 is 0 Å². The Morgan fingerprint density at radius 3 is 2.83 bits per heavy atom. The Labute approximate surface area is 107 Å². The molecule has 0 unspecified atom stereocenters. The minimum absolute atomic E-state index is 0.616. The molecule has 0 saturated carbocycles. The number of aromatic nitrogens is 4. The van der Waals surface area contributed by atoms with Crippen molar-refractivity contribution in [3.63, 3.8) is 0 Å². The van der Waals surface area contributed by atoms with Crippen molar-refractivity contribution in [3.05, 3.63) is 35.9 Å². The Morgan fingerprint density at radius 1 is 1.39 bits per heavy atom.